The topological polar surface area (TPSA) is 42.2 Å². The van der Waals surface area contributed by atoms with Gasteiger partial charge in [0.1, 0.15) is 12.4 Å². The summed E-state index contributed by atoms with van der Waals surface area (Å²) in [5, 5.41) is 10.2. The Labute approximate surface area is 193 Å². The Balaban J connectivity index is 1.90. The third kappa shape index (κ3) is 5.74. The van der Waals surface area contributed by atoms with E-state index in [1.54, 1.807) is 30.3 Å². The molecule has 3 rings (SSSR count). The lowest BCUT2D eigenvalue weighted by molar-refractivity contribution is 0.267. The zero-order valence-electron chi connectivity index (χ0n) is 16.2. The van der Waals surface area contributed by atoms with Crippen LogP contribution in [0.25, 0.3) is 11.6 Å². The van der Waals surface area contributed by atoms with Crippen molar-refractivity contribution >= 4 is 45.8 Å². The number of hydrogen-bond acceptors (Lipinski definition) is 3. The number of allylic oxidation sites excluding steroid dienone is 1. The molecule has 0 unspecified atom stereocenters. The predicted octanol–water partition coefficient (Wildman–Crippen LogP) is 7.13. The van der Waals surface area contributed by atoms with Crippen molar-refractivity contribution in [1.82, 2.24) is 0 Å². The maximum Gasteiger partial charge on any atom is 0.175 e. The average molecular weight is 534 g/mol. The Hall–Kier alpha value is -2.56. The lowest BCUT2D eigenvalue weighted by Crippen LogP contribution is -2.02. The third-order valence-corrected chi connectivity index (χ3v) is 5.27. The van der Waals surface area contributed by atoms with Crippen molar-refractivity contribution < 1.29 is 13.9 Å². The third-order valence-electron chi connectivity index (χ3n) is 4.21. The van der Waals surface area contributed by atoms with Gasteiger partial charge in [-0.15, -0.1) is 0 Å². The molecule has 3 aromatic carbocycles. The Morgan fingerprint density at radius 1 is 1.10 bits per heavy atom. The molecule has 0 heterocycles. The molecule has 0 amide bonds. The van der Waals surface area contributed by atoms with Crippen LogP contribution in [0.1, 0.15) is 23.6 Å². The van der Waals surface area contributed by atoms with Gasteiger partial charge >= 0.3 is 0 Å². The quantitative estimate of drug-likeness (QED) is 0.184. The van der Waals surface area contributed by atoms with E-state index >= 15 is 0 Å². The Morgan fingerprint density at radius 3 is 2.43 bits per heavy atom. The van der Waals surface area contributed by atoms with Gasteiger partial charge in [0.15, 0.2) is 11.5 Å². The fourth-order valence-corrected chi connectivity index (χ4v) is 3.69. The average Bonchev–Trinajstić information content (AvgIpc) is 2.73. The molecular weight excluding hydrogens is 516 g/mol. The Bertz CT molecular complexity index is 1090. The first-order chi connectivity index (χ1) is 14.5. The summed E-state index contributed by atoms with van der Waals surface area (Å²) in [5.74, 6) is 0.920. The molecule has 0 N–H and O–H groups in total. The van der Waals surface area contributed by atoms with E-state index in [1.165, 1.54) is 12.1 Å². The van der Waals surface area contributed by atoms with Crippen LogP contribution in [0.5, 0.6) is 11.5 Å². The predicted molar refractivity (Wildman–Crippen MR) is 126 cm³/mol. The lowest BCUT2D eigenvalue weighted by atomic mass is 10.0. The van der Waals surface area contributed by atoms with Gasteiger partial charge in [0.2, 0.25) is 0 Å². The second-order valence-corrected chi connectivity index (χ2v) is 7.95. The van der Waals surface area contributed by atoms with E-state index in [1.807, 2.05) is 31.2 Å². The zero-order chi connectivity index (χ0) is 21.5. The van der Waals surface area contributed by atoms with Gasteiger partial charge in [0.25, 0.3) is 0 Å². The highest BCUT2D eigenvalue weighted by molar-refractivity contribution is 14.1. The first-order valence-electron chi connectivity index (χ1n) is 9.21. The SMILES string of the molecule is CCOc1cc(/C=C(\C#N)c2ccc(Cl)cc2)cc(I)c1OCc1ccc(F)cc1. The summed E-state index contributed by atoms with van der Waals surface area (Å²) in [4.78, 5) is 0. The molecule has 0 atom stereocenters. The molecule has 0 aliphatic heterocycles. The fraction of sp³-hybridized carbons (Fsp3) is 0.125. The van der Waals surface area contributed by atoms with Crippen LogP contribution in [0.4, 0.5) is 4.39 Å². The largest absolute Gasteiger partial charge is 0.490 e. The van der Waals surface area contributed by atoms with Crippen molar-refractivity contribution in [2.24, 2.45) is 0 Å². The standard InChI is InChI=1S/C24H18ClFINO2/c1-2-29-23-13-17(11-19(14-28)18-5-7-20(25)8-6-18)12-22(27)24(23)30-15-16-3-9-21(26)10-4-16/h3-13H,2,15H2,1H3/b19-11+. The number of halogens is 3. The summed E-state index contributed by atoms with van der Waals surface area (Å²) in [7, 11) is 0. The van der Waals surface area contributed by atoms with E-state index < -0.39 is 0 Å². The van der Waals surface area contributed by atoms with Crippen molar-refractivity contribution in [2.75, 3.05) is 6.61 Å². The van der Waals surface area contributed by atoms with Crippen molar-refractivity contribution in [1.29, 1.82) is 5.26 Å². The zero-order valence-corrected chi connectivity index (χ0v) is 19.1. The molecule has 3 nitrogen and oxygen atoms in total. The number of benzene rings is 3. The van der Waals surface area contributed by atoms with E-state index in [-0.39, 0.29) is 5.82 Å². The monoisotopic (exact) mass is 533 g/mol. The molecule has 0 aliphatic carbocycles. The summed E-state index contributed by atoms with van der Waals surface area (Å²) >= 11 is 8.13. The normalized spacial score (nSPS) is 11.1. The Kier molecular flexibility index (Phi) is 7.72. The van der Waals surface area contributed by atoms with E-state index in [0.717, 1.165) is 20.3 Å². The van der Waals surface area contributed by atoms with Crippen molar-refractivity contribution in [3.63, 3.8) is 0 Å². The maximum atomic E-state index is 13.1. The van der Waals surface area contributed by atoms with Crippen LogP contribution >= 0.6 is 34.2 Å². The van der Waals surface area contributed by atoms with Gasteiger partial charge < -0.3 is 9.47 Å². The Morgan fingerprint density at radius 2 is 1.80 bits per heavy atom. The van der Waals surface area contributed by atoms with E-state index in [0.29, 0.717) is 35.3 Å². The van der Waals surface area contributed by atoms with Gasteiger partial charge in [-0.2, -0.15) is 5.26 Å². The van der Waals surface area contributed by atoms with Gasteiger partial charge in [-0.05, 0) is 88.7 Å². The van der Waals surface area contributed by atoms with Gasteiger partial charge in [-0.3, -0.25) is 0 Å². The van der Waals surface area contributed by atoms with Gasteiger partial charge in [0.05, 0.1) is 21.8 Å². The van der Waals surface area contributed by atoms with Gasteiger partial charge in [0, 0.05) is 5.02 Å². The molecule has 30 heavy (non-hydrogen) atoms. The molecule has 0 aromatic heterocycles. The van der Waals surface area contributed by atoms with E-state index in [2.05, 4.69) is 28.7 Å². The second-order valence-electron chi connectivity index (χ2n) is 6.35. The fourth-order valence-electron chi connectivity index (χ4n) is 2.79. The lowest BCUT2D eigenvalue weighted by Gasteiger charge is -2.15. The number of nitrogens with zero attached hydrogens (tertiary/aromatic N) is 1. The van der Waals surface area contributed by atoms with Crippen molar-refractivity contribution in [2.45, 2.75) is 13.5 Å². The first-order valence-corrected chi connectivity index (χ1v) is 10.7. The molecule has 3 aromatic rings. The summed E-state index contributed by atoms with van der Waals surface area (Å²) in [6.07, 6.45) is 1.80. The highest BCUT2D eigenvalue weighted by atomic mass is 127. The highest BCUT2D eigenvalue weighted by Gasteiger charge is 2.13. The van der Waals surface area contributed by atoms with E-state index in [9.17, 15) is 9.65 Å². The van der Waals surface area contributed by atoms with Gasteiger partial charge in [-0.25, -0.2) is 4.39 Å². The first kappa shape index (κ1) is 22.1. The molecule has 6 heteroatoms. The van der Waals surface area contributed by atoms with Gasteiger partial charge in [-0.1, -0.05) is 35.9 Å². The maximum absolute atomic E-state index is 13.1. The number of nitriles is 1. The van der Waals surface area contributed by atoms with Crippen molar-refractivity contribution in [3.05, 3.63) is 91.8 Å². The van der Waals surface area contributed by atoms with Crippen LogP contribution in [-0.2, 0) is 6.61 Å². The number of ether oxygens (including phenoxy) is 2. The second kappa shape index (κ2) is 10.5. The molecule has 0 radical (unpaired) electrons. The summed E-state index contributed by atoms with van der Waals surface area (Å²) in [5.41, 5.74) is 2.98. The van der Waals surface area contributed by atoms with Crippen LogP contribution < -0.4 is 9.47 Å². The van der Waals surface area contributed by atoms with E-state index in [4.69, 9.17) is 21.1 Å². The van der Waals surface area contributed by atoms with Crippen molar-refractivity contribution in [3.8, 4) is 17.6 Å². The highest BCUT2D eigenvalue weighted by Crippen LogP contribution is 2.36. The molecular formula is C24H18ClFINO2. The number of hydrogen-bond donors (Lipinski definition) is 0. The van der Waals surface area contributed by atoms with Crippen LogP contribution in [0, 0.1) is 20.7 Å². The molecule has 0 aliphatic rings. The molecule has 0 fully saturated rings. The molecule has 0 saturated heterocycles. The summed E-state index contributed by atoms with van der Waals surface area (Å²) < 4.78 is 25.7. The van der Waals surface area contributed by atoms with Crippen LogP contribution in [-0.4, -0.2) is 6.61 Å². The minimum atomic E-state index is -0.284. The number of rotatable bonds is 7. The van der Waals surface area contributed by atoms with Crippen LogP contribution in [0.15, 0.2) is 60.7 Å². The molecule has 152 valence electrons. The summed E-state index contributed by atoms with van der Waals surface area (Å²) in [6.45, 7) is 2.66. The van der Waals surface area contributed by atoms with Crippen LogP contribution in [0.2, 0.25) is 5.02 Å². The molecule has 0 saturated carbocycles. The molecule has 0 spiro atoms. The minimum Gasteiger partial charge on any atom is -0.490 e. The summed E-state index contributed by atoms with van der Waals surface area (Å²) in [6, 6.07) is 19.3. The minimum absolute atomic E-state index is 0.284. The molecule has 0 bridgehead atoms. The van der Waals surface area contributed by atoms with Crippen LogP contribution in [0.3, 0.4) is 0 Å². The smallest absolute Gasteiger partial charge is 0.175 e.